The van der Waals surface area contributed by atoms with Gasteiger partial charge in [0, 0.05) is 30.2 Å². The summed E-state index contributed by atoms with van der Waals surface area (Å²) in [5, 5.41) is 6.01. The van der Waals surface area contributed by atoms with Gasteiger partial charge in [-0.1, -0.05) is 0 Å². The molecule has 1 radical (unpaired) electrons. The predicted molar refractivity (Wildman–Crippen MR) is 27.9 cm³/mol. The third-order valence-electron chi connectivity index (χ3n) is 0.625. The van der Waals surface area contributed by atoms with Gasteiger partial charge in [-0.25, -0.2) is 0 Å². The van der Waals surface area contributed by atoms with Crippen LogP contribution in [0, 0.1) is 0 Å². The summed E-state index contributed by atoms with van der Waals surface area (Å²) in [5.74, 6) is 0. The molecule has 0 aromatic rings. The van der Waals surface area contributed by atoms with E-state index in [1.54, 1.807) is 0 Å². The molecule has 3 heteroatoms. The van der Waals surface area contributed by atoms with Crippen molar-refractivity contribution < 1.29 is 17.1 Å². The average Bonchev–Trinajstić information content (AvgIpc) is 1.61. The molecule has 0 unspecified atom stereocenters. The minimum atomic E-state index is 0. The van der Waals surface area contributed by atoms with Crippen LogP contribution >= 0.6 is 0 Å². The molecule has 2 N–H and O–H groups in total. The second-order valence-electron chi connectivity index (χ2n) is 1.21. The molecule has 0 aromatic carbocycles. The van der Waals surface area contributed by atoms with Crippen LogP contribution in [-0.4, -0.2) is 27.2 Å². The first kappa shape index (κ1) is 10.4. The number of rotatable bonds is 3. The molecule has 0 saturated carbocycles. The molecule has 0 atom stereocenters. The maximum Gasteiger partial charge on any atom is 0.00736 e. The van der Waals surface area contributed by atoms with Crippen molar-refractivity contribution in [2.45, 2.75) is 0 Å². The van der Waals surface area contributed by atoms with Crippen LogP contribution in [0.4, 0.5) is 0 Å². The van der Waals surface area contributed by atoms with Gasteiger partial charge in [0.1, 0.15) is 0 Å². The monoisotopic (exact) mass is 151 g/mol. The maximum atomic E-state index is 3.01. The van der Waals surface area contributed by atoms with Crippen LogP contribution in [0.2, 0.25) is 0 Å². The average molecular weight is 152 g/mol. The van der Waals surface area contributed by atoms with Crippen molar-refractivity contribution in [3.05, 3.63) is 0 Å². The van der Waals surface area contributed by atoms with E-state index in [0.29, 0.717) is 0 Å². The molecular formula is C4H12CuN2. The van der Waals surface area contributed by atoms with E-state index in [1.165, 1.54) is 0 Å². The quantitative estimate of drug-likeness (QED) is 0.417. The Morgan fingerprint density at radius 3 is 1.43 bits per heavy atom. The molecule has 0 heterocycles. The summed E-state index contributed by atoms with van der Waals surface area (Å²) in [6, 6.07) is 0. The normalized spacial score (nSPS) is 7.71. The van der Waals surface area contributed by atoms with E-state index in [1.807, 2.05) is 14.1 Å². The topological polar surface area (TPSA) is 24.1 Å². The number of likely N-dealkylation sites (N-methyl/N-ethyl adjacent to an activating group) is 2. The molecule has 49 valence electrons. The minimum Gasteiger partial charge on any atom is -0.318 e. The largest absolute Gasteiger partial charge is 0.318 e. The SMILES string of the molecule is CNCCNC.[Cu]. The van der Waals surface area contributed by atoms with Gasteiger partial charge in [-0.3, -0.25) is 0 Å². The standard InChI is InChI=1S/C4H12N2.Cu/c1-5-3-4-6-2;/h5-6H,3-4H2,1-2H3;. The van der Waals surface area contributed by atoms with Crippen LogP contribution in [0.25, 0.3) is 0 Å². The molecule has 2 nitrogen and oxygen atoms in total. The molecule has 0 aliphatic carbocycles. The number of hydrogen-bond acceptors (Lipinski definition) is 2. The fourth-order valence-electron chi connectivity index (χ4n) is 0.250. The van der Waals surface area contributed by atoms with Gasteiger partial charge < -0.3 is 10.6 Å². The van der Waals surface area contributed by atoms with Gasteiger partial charge >= 0.3 is 0 Å². The Hall–Kier alpha value is 0.439. The van der Waals surface area contributed by atoms with Gasteiger partial charge in [-0.05, 0) is 14.1 Å². The minimum absolute atomic E-state index is 0. The van der Waals surface area contributed by atoms with Crippen molar-refractivity contribution in [3.63, 3.8) is 0 Å². The Labute approximate surface area is 55.5 Å². The number of hydrogen-bond donors (Lipinski definition) is 2. The third kappa shape index (κ3) is 10.7. The zero-order valence-corrected chi connectivity index (χ0v) is 5.66. The van der Waals surface area contributed by atoms with E-state index < -0.39 is 0 Å². The molecule has 0 aromatic heterocycles. The van der Waals surface area contributed by atoms with E-state index in [9.17, 15) is 0 Å². The fourth-order valence-corrected chi connectivity index (χ4v) is 0.250. The van der Waals surface area contributed by atoms with Crippen molar-refractivity contribution in [2.75, 3.05) is 27.2 Å². The third-order valence-corrected chi connectivity index (χ3v) is 0.625. The van der Waals surface area contributed by atoms with Crippen LogP contribution in [0.5, 0.6) is 0 Å². The first-order chi connectivity index (χ1) is 2.91. The van der Waals surface area contributed by atoms with Crippen LogP contribution in [-0.2, 0) is 17.1 Å². The Morgan fingerprint density at radius 1 is 1.00 bits per heavy atom. The fraction of sp³-hybridized carbons (Fsp3) is 1.00. The van der Waals surface area contributed by atoms with Crippen LogP contribution < -0.4 is 10.6 Å². The summed E-state index contributed by atoms with van der Waals surface area (Å²) in [4.78, 5) is 0. The van der Waals surface area contributed by atoms with E-state index in [4.69, 9.17) is 0 Å². The van der Waals surface area contributed by atoms with Gasteiger partial charge in [0.2, 0.25) is 0 Å². The zero-order valence-electron chi connectivity index (χ0n) is 4.72. The smallest absolute Gasteiger partial charge is 0.00736 e. The van der Waals surface area contributed by atoms with Gasteiger partial charge in [-0.2, -0.15) is 0 Å². The summed E-state index contributed by atoms with van der Waals surface area (Å²) in [7, 11) is 3.88. The van der Waals surface area contributed by atoms with Crippen molar-refractivity contribution in [2.24, 2.45) is 0 Å². The van der Waals surface area contributed by atoms with Gasteiger partial charge in [0.05, 0.1) is 0 Å². The molecule has 0 spiro atoms. The summed E-state index contributed by atoms with van der Waals surface area (Å²) < 4.78 is 0. The summed E-state index contributed by atoms with van der Waals surface area (Å²) in [5.41, 5.74) is 0. The van der Waals surface area contributed by atoms with Crippen molar-refractivity contribution in [1.82, 2.24) is 10.6 Å². The van der Waals surface area contributed by atoms with Crippen LogP contribution in [0.15, 0.2) is 0 Å². The Kier molecular flexibility index (Phi) is 14.4. The summed E-state index contributed by atoms with van der Waals surface area (Å²) >= 11 is 0. The van der Waals surface area contributed by atoms with Crippen molar-refractivity contribution >= 4 is 0 Å². The van der Waals surface area contributed by atoms with E-state index in [-0.39, 0.29) is 17.1 Å². The van der Waals surface area contributed by atoms with E-state index in [2.05, 4.69) is 10.6 Å². The van der Waals surface area contributed by atoms with Crippen LogP contribution in [0.1, 0.15) is 0 Å². The van der Waals surface area contributed by atoms with Crippen LogP contribution in [0.3, 0.4) is 0 Å². The molecule has 0 fully saturated rings. The molecule has 0 bridgehead atoms. The van der Waals surface area contributed by atoms with Gasteiger partial charge in [0.25, 0.3) is 0 Å². The Balaban J connectivity index is 0. The summed E-state index contributed by atoms with van der Waals surface area (Å²) in [6.45, 7) is 2.10. The molecule has 0 aliphatic rings. The molecule has 0 aliphatic heterocycles. The molecule has 7 heavy (non-hydrogen) atoms. The second kappa shape index (κ2) is 9.67. The van der Waals surface area contributed by atoms with Crippen molar-refractivity contribution in [3.8, 4) is 0 Å². The Bertz CT molecular complexity index is 21.7. The second-order valence-corrected chi connectivity index (χ2v) is 1.21. The summed E-state index contributed by atoms with van der Waals surface area (Å²) in [6.07, 6.45) is 0. The van der Waals surface area contributed by atoms with Gasteiger partial charge in [-0.15, -0.1) is 0 Å². The molecule has 0 saturated heterocycles. The zero-order chi connectivity index (χ0) is 4.83. The Morgan fingerprint density at radius 2 is 1.29 bits per heavy atom. The molecule has 0 rings (SSSR count). The van der Waals surface area contributed by atoms with E-state index in [0.717, 1.165) is 13.1 Å². The molecule has 0 amide bonds. The maximum absolute atomic E-state index is 3.01. The first-order valence-corrected chi connectivity index (χ1v) is 2.21. The van der Waals surface area contributed by atoms with Crippen molar-refractivity contribution in [1.29, 1.82) is 0 Å². The number of nitrogens with one attached hydrogen (secondary N) is 2. The van der Waals surface area contributed by atoms with Gasteiger partial charge in [0.15, 0.2) is 0 Å². The first-order valence-electron chi connectivity index (χ1n) is 2.21. The predicted octanol–water partition coefficient (Wildman–Crippen LogP) is -0.577. The van der Waals surface area contributed by atoms with E-state index >= 15 is 0 Å². The molecular weight excluding hydrogens is 140 g/mol.